The van der Waals surface area contributed by atoms with Gasteiger partial charge >= 0.3 is 0 Å². The van der Waals surface area contributed by atoms with Gasteiger partial charge in [0.15, 0.2) is 0 Å². The molecule has 1 aliphatic carbocycles. The van der Waals surface area contributed by atoms with E-state index in [-0.39, 0.29) is 11.3 Å². The summed E-state index contributed by atoms with van der Waals surface area (Å²) in [5.74, 6) is 0.483. The lowest BCUT2D eigenvalue weighted by Gasteiger charge is -2.33. The van der Waals surface area contributed by atoms with Crippen molar-refractivity contribution in [3.05, 3.63) is 28.7 Å². The summed E-state index contributed by atoms with van der Waals surface area (Å²) in [4.78, 5) is 21.8. The maximum atomic E-state index is 12.8. The van der Waals surface area contributed by atoms with E-state index >= 15 is 0 Å². The molecule has 130 valence electrons. The summed E-state index contributed by atoms with van der Waals surface area (Å²) < 4.78 is 5.91. The van der Waals surface area contributed by atoms with Gasteiger partial charge in [0.1, 0.15) is 5.01 Å². The van der Waals surface area contributed by atoms with E-state index in [0.717, 1.165) is 58.6 Å². The fourth-order valence-electron chi connectivity index (χ4n) is 4.19. The monoisotopic (exact) mass is 347 g/mol. The number of ether oxygens (including phenoxy) is 1. The van der Waals surface area contributed by atoms with E-state index in [1.165, 1.54) is 5.01 Å². The fourth-order valence-corrected chi connectivity index (χ4v) is 4.85. The summed E-state index contributed by atoms with van der Waals surface area (Å²) in [7, 11) is 0. The van der Waals surface area contributed by atoms with E-state index in [1.54, 1.807) is 11.3 Å². The zero-order chi connectivity index (χ0) is 16.4. The van der Waals surface area contributed by atoms with Crippen LogP contribution in [0.15, 0.2) is 23.7 Å². The molecule has 6 heteroatoms. The van der Waals surface area contributed by atoms with Crippen molar-refractivity contribution in [1.29, 1.82) is 0 Å². The zero-order valence-electron chi connectivity index (χ0n) is 14.0. The van der Waals surface area contributed by atoms with Crippen LogP contribution in [0.5, 0.6) is 0 Å². The van der Waals surface area contributed by atoms with E-state index in [2.05, 4.69) is 26.9 Å². The quantitative estimate of drug-likeness (QED) is 0.786. The summed E-state index contributed by atoms with van der Waals surface area (Å²) >= 11 is 1.72. The number of thiazole rings is 1. The van der Waals surface area contributed by atoms with Crippen molar-refractivity contribution in [2.75, 3.05) is 39.4 Å². The lowest BCUT2D eigenvalue weighted by Crippen LogP contribution is -2.45. The van der Waals surface area contributed by atoms with Crippen LogP contribution in [-0.2, 0) is 16.1 Å². The van der Waals surface area contributed by atoms with Gasteiger partial charge in [-0.1, -0.05) is 12.2 Å². The van der Waals surface area contributed by atoms with Crippen molar-refractivity contribution >= 4 is 17.2 Å². The molecule has 0 bridgehead atoms. The third-order valence-corrected chi connectivity index (χ3v) is 6.23. The van der Waals surface area contributed by atoms with E-state index in [4.69, 9.17) is 4.74 Å². The van der Waals surface area contributed by atoms with Crippen LogP contribution in [-0.4, -0.2) is 60.1 Å². The molecule has 5 nitrogen and oxygen atoms in total. The highest BCUT2D eigenvalue weighted by Gasteiger charge is 2.42. The number of hydrogen-bond acceptors (Lipinski definition) is 5. The highest BCUT2D eigenvalue weighted by atomic mass is 32.1. The van der Waals surface area contributed by atoms with Crippen molar-refractivity contribution in [3.63, 3.8) is 0 Å². The first kappa shape index (κ1) is 16.2. The second-order valence-corrected chi connectivity index (χ2v) is 8.32. The number of nitrogens with zero attached hydrogens (tertiary/aromatic N) is 3. The minimum Gasteiger partial charge on any atom is -0.379 e. The second-order valence-electron chi connectivity index (χ2n) is 7.34. The Kier molecular flexibility index (Phi) is 4.70. The Morgan fingerprint density at radius 1 is 1.33 bits per heavy atom. The molecule has 0 N–H and O–H groups in total. The number of amides is 1. The topological polar surface area (TPSA) is 45.7 Å². The van der Waals surface area contributed by atoms with Crippen molar-refractivity contribution in [2.45, 2.75) is 25.8 Å². The summed E-state index contributed by atoms with van der Waals surface area (Å²) in [6.07, 6.45) is 9.05. The molecule has 0 saturated carbocycles. The molecule has 1 spiro atoms. The van der Waals surface area contributed by atoms with Crippen LogP contribution in [0.2, 0.25) is 0 Å². The third kappa shape index (κ3) is 3.41. The number of likely N-dealkylation sites (tertiary alicyclic amines) is 1. The molecule has 3 aliphatic rings. The Balaban J connectivity index is 1.41. The van der Waals surface area contributed by atoms with Crippen LogP contribution in [0.25, 0.3) is 0 Å². The van der Waals surface area contributed by atoms with Crippen LogP contribution in [0.4, 0.5) is 0 Å². The molecule has 0 radical (unpaired) electrons. The van der Waals surface area contributed by atoms with Gasteiger partial charge in [-0.2, -0.15) is 0 Å². The average Bonchev–Trinajstić information content (AvgIpc) is 3.30. The Hall–Kier alpha value is -1.24. The Bertz CT molecular complexity index is 595. The highest BCUT2D eigenvalue weighted by molar-refractivity contribution is 7.09. The molecule has 2 aliphatic heterocycles. The van der Waals surface area contributed by atoms with Gasteiger partial charge in [0, 0.05) is 42.5 Å². The number of carbonyl (C=O) groups excluding carboxylic acids is 1. The Morgan fingerprint density at radius 2 is 2.21 bits per heavy atom. The molecule has 2 fully saturated rings. The van der Waals surface area contributed by atoms with Gasteiger partial charge in [0.05, 0.1) is 19.8 Å². The maximum absolute atomic E-state index is 12.8. The van der Waals surface area contributed by atoms with Crippen LogP contribution in [0.3, 0.4) is 0 Å². The average molecular weight is 347 g/mol. The van der Waals surface area contributed by atoms with Gasteiger partial charge in [0.25, 0.3) is 0 Å². The molecule has 0 unspecified atom stereocenters. The first-order valence-electron chi connectivity index (χ1n) is 8.86. The smallest absolute Gasteiger partial charge is 0.226 e. The third-order valence-electron chi connectivity index (χ3n) is 5.47. The summed E-state index contributed by atoms with van der Waals surface area (Å²) in [6, 6.07) is 0. The van der Waals surface area contributed by atoms with Gasteiger partial charge in [-0.05, 0) is 25.8 Å². The molecule has 4 rings (SSSR count). The summed E-state index contributed by atoms with van der Waals surface area (Å²) in [6.45, 7) is 6.00. The molecular formula is C18H25N3O2S. The maximum Gasteiger partial charge on any atom is 0.226 e. The van der Waals surface area contributed by atoms with Crippen molar-refractivity contribution in [1.82, 2.24) is 14.8 Å². The SMILES string of the molecule is O=C(C1CC=CC1)N1CCOC[C@@]2(CCN(Cc3nccs3)C2)C1. The van der Waals surface area contributed by atoms with Crippen molar-refractivity contribution in [2.24, 2.45) is 11.3 Å². The first-order valence-corrected chi connectivity index (χ1v) is 9.74. The van der Waals surface area contributed by atoms with Gasteiger partial charge < -0.3 is 9.64 Å². The molecule has 1 aromatic rings. The molecule has 1 aromatic heterocycles. The second kappa shape index (κ2) is 6.94. The molecule has 1 amide bonds. The lowest BCUT2D eigenvalue weighted by atomic mass is 9.87. The van der Waals surface area contributed by atoms with Crippen LogP contribution in [0, 0.1) is 11.3 Å². The van der Waals surface area contributed by atoms with E-state index in [0.29, 0.717) is 12.5 Å². The molecule has 1 atom stereocenters. The standard InChI is InChI=1S/C18H25N3O2S/c22-17(15-3-1-2-4-15)21-8-9-23-14-18(13-21)5-7-20(12-18)11-16-19-6-10-24-16/h1-2,6,10,15H,3-5,7-9,11-14H2/t18-/m1/s1. The predicted octanol–water partition coefficient (Wildman–Crippen LogP) is 2.16. The molecular weight excluding hydrogens is 322 g/mol. The van der Waals surface area contributed by atoms with Gasteiger partial charge in [-0.15, -0.1) is 11.3 Å². The summed E-state index contributed by atoms with van der Waals surface area (Å²) in [5, 5.41) is 3.21. The minimum absolute atomic E-state index is 0.0927. The summed E-state index contributed by atoms with van der Waals surface area (Å²) in [5.41, 5.74) is 0.0927. The molecule has 0 aromatic carbocycles. The van der Waals surface area contributed by atoms with Crippen molar-refractivity contribution < 1.29 is 9.53 Å². The van der Waals surface area contributed by atoms with E-state index in [9.17, 15) is 4.79 Å². The largest absolute Gasteiger partial charge is 0.379 e. The minimum atomic E-state index is 0.0927. The van der Waals surface area contributed by atoms with E-state index < -0.39 is 0 Å². The number of hydrogen-bond donors (Lipinski definition) is 0. The number of allylic oxidation sites excluding steroid dienone is 2. The Labute approximate surface area is 147 Å². The lowest BCUT2D eigenvalue weighted by molar-refractivity contribution is -0.136. The van der Waals surface area contributed by atoms with Crippen LogP contribution >= 0.6 is 11.3 Å². The number of rotatable bonds is 3. The van der Waals surface area contributed by atoms with Gasteiger partial charge in [-0.3, -0.25) is 9.69 Å². The zero-order valence-corrected chi connectivity index (χ0v) is 14.8. The number of aromatic nitrogens is 1. The molecule has 2 saturated heterocycles. The van der Waals surface area contributed by atoms with Crippen LogP contribution in [0.1, 0.15) is 24.3 Å². The Morgan fingerprint density at radius 3 is 3.00 bits per heavy atom. The fraction of sp³-hybridized carbons (Fsp3) is 0.667. The highest BCUT2D eigenvalue weighted by Crippen LogP contribution is 2.35. The predicted molar refractivity (Wildman–Crippen MR) is 93.7 cm³/mol. The normalized spacial score (nSPS) is 28.8. The number of carbonyl (C=O) groups is 1. The van der Waals surface area contributed by atoms with E-state index in [1.807, 2.05) is 11.6 Å². The first-order chi connectivity index (χ1) is 11.7. The molecule has 24 heavy (non-hydrogen) atoms. The van der Waals surface area contributed by atoms with Crippen LogP contribution < -0.4 is 0 Å². The van der Waals surface area contributed by atoms with Gasteiger partial charge in [-0.25, -0.2) is 4.98 Å². The van der Waals surface area contributed by atoms with Gasteiger partial charge in [0.2, 0.25) is 5.91 Å². The molecule has 3 heterocycles. The van der Waals surface area contributed by atoms with Crippen molar-refractivity contribution in [3.8, 4) is 0 Å².